The first-order valence-corrected chi connectivity index (χ1v) is 10.1. The minimum atomic E-state index is -1.10. The molecule has 2 aromatic carbocycles. The number of Topliss-reactive ketones (excluding diaryl/α,β-unsaturated/α-hetero) is 1. The maximum Gasteiger partial charge on any atom is 0.349 e. The summed E-state index contributed by atoms with van der Waals surface area (Å²) in [4.78, 5) is 43.6. The number of carbonyl (C=O) groups is 2. The van der Waals surface area contributed by atoms with E-state index in [0.29, 0.717) is 26.9 Å². The molecular formula is C23H18N2O4S. The molecule has 0 aliphatic carbocycles. The number of aromatic nitrogens is 2. The number of aryl methyl sites for hydroxylation is 2. The number of esters is 1. The fraction of sp³-hybridized carbons (Fsp3) is 0.130. The average Bonchev–Trinajstić information content (AvgIpc) is 3.12. The Labute approximate surface area is 176 Å². The smallest absolute Gasteiger partial charge is 0.349 e. The van der Waals surface area contributed by atoms with Gasteiger partial charge in [0.15, 0.2) is 6.10 Å². The summed E-state index contributed by atoms with van der Waals surface area (Å²) in [5.41, 5.74) is 1.30. The number of hydrogen-bond acceptors (Lipinski definition) is 6. The number of fused-ring (bicyclic) bond motifs is 1. The van der Waals surface area contributed by atoms with Crippen LogP contribution in [0.5, 0.6) is 0 Å². The van der Waals surface area contributed by atoms with Crippen LogP contribution in [0, 0.1) is 6.92 Å². The zero-order valence-electron chi connectivity index (χ0n) is 16.4. The van der Waals surface area contributed by atoms with Crippen molar-refractivity contribution in [3.05, 3.63) is 98.9 Å². The van der Waals surface area contributed by atoms with Crippen molar-refractivity contribution < 1.29 is 14.3 Å². The zero-order chi connectivity index (χ0) is 21.3. The Morgan fingerprint density at radius 1 is 1.03 bits per heavy atom. The minimum Gasteiger partial charge on any atom is -0.445 e. The number of carbonyl (C=O) groups excluding carboxylic acids is 2. The van der Waals surface area contributed by atoms with Crippen LogP contribution in [-0.4, -0.2) is 21.3 Å². The Morgan fingerprint density at radius 3 is 2.33 bits per heavy atom. The van der Waals surface area contributed by atoms with E-state index in [0.717, 1.165) is 11.3 Å². The van der Waals surface area contributed by atoms with Gasteiger partial charge in [0.25, 0.3) is 5.56 Å². The Morgan fingerprint density at radius 2 is 1.67 bits per heavy atom. The Balaban J connectivity index is 1.73. The van der Waals surface area contributed by atoms with Crippen molar-refractivity contribution in [2.24, 2.45) is 7.05 Å². The van der Waals surface area contributed by atoms with Crippen molar-refractivity contribution in [3.63, 3.8) is 0 Å². The van der Waals surface area contributed by atoms with Crippen LogP contribution in [0.25, 0.3) is 10.2 Å². The summed E-state index contributed by atoms with van der Waals surface area (Å²) in [7, 11) is 1.60. The Hall–Kier alpha value is -3.58. The van der Waals surface area contributed by atoms with Gasteiger partial charge in [-0.2, -0.15) is 0 Å². The largest absolute Gasteiger partial charge is 0.445 e. The molecule has 2 aromatic heterocycles. The quantitative estimate of drug-likeness (QED) is 0.360. The number of ketones is 1. The Bertz CT molecular complexity index is 1290. The first-order chi connectivity index (χ1) is 14.5. The van der Waals surface area contributed by atoms with E-state index in [-0.39, 0.29) is 16.2 Å². The summed E-state index contributed by atoms with van der Waals surface area (Å²) in [5.74, 6) is -0.973. The summed E-state index contributed by atoms with van der Waals surface area (Å²) >= 11 is 1.09. The summed E-state index contributed by atoms with van der Waals surface area (Å²) < 4.78 is 7.07. The lowest BCUT2D eigenvalue weighted by molar-refractivity contribution is 0.0284. The van der Waals surface area contributed by atoms with Crippen LogP contribution in [0.15, 0.2) is 71.8 Å². The van der Waals surface area contributed by atoms with E-state index in [1.54, 1.807) is 62.5 Å². The number of nitrogens with zero attached hydrogens (tertiary/aromatic N) is 2. The van der Waals surface area contributed by atoms with Gasteiger partial charge >= 0.3 is 5.97 Å². The van der Waals surface area contributed by atoms with Gasteiger partial charge in [-0.15, -0.1) is 11.3 Å². The highest BCUT2D eigenvalue weighted by molar-refractivity contribution is 7.20. The highest BCUT2D eigenvalue weighted by atomic mass is 32.1. The van der Waals surface area contributed by atoms with Crippen LogP contribution in [0.1, 0.15) is 37.3 Å². The first-order valence-electron chi connectivity index (χ1n) is 9.27. The van der Waals surface area contributed by atoms with Gasteiger partial charge in [-0.25, -0.2) is 9.78 Å². The van der Waals surface area contributed by atoms with Crippen LogP contribution in [-0.2, 0) is 11.8 Å². The van der Waals surface area contributed by atoms with Crippen LogP contribution in [0.4, 0.5) is 0 Å². The van der Waals surface area contributed by atoms with Gasteiger partial charge in [0, 0.05) is 18.2 Å². The number of hydrogen-bond donors (Lipinski definition) is 0. The minimum absolute atomic E-state index is 0.229. The number of rotatable bonds is 5. The van der Waals surface area contributed by atoms with Gasteiger partial charge in [-0.05, 0) is 12.5 Å². The van der Waals surface area contributed by atoms with Crippen LogP contribution < -0.4 is 5.56 Å². The van der Waals surface area contributed by atoms with E-state index < -0.39 is 12.1 Å². The maximum atomic E-state index is 13.1. The second kappa shape index (κ2) is 8.04. The molecule has 1 atom stereocenters. The molecule has 0 aliphatic rings. The van der Waals surface area contributed by atoms with E-state index in [1.807, 2.05) is 12.1 Å². The standard InChI is InChI=1S/C23H18N2O4S/c1-14-17-21(24-13-25(2)22(17)27)30-20(14)23(28)29-19(16-11-7-4-8-12-16)18(26)15-9-5-3-6-10-15/h3-13,19H,1-2H3/t19-/m1/s1. The molecule has 0 aliphatic heterocycles. The molecule has 0 bridgehead atoms. The third-order valence-electron chi connectivity index (χ3n) is 4.82. The predicted octanol–water partition coefficient (Wildman–Crippen LogP) is 4.08. The molecule has 0 N–H and O–H groups in total. The lowest BCUT2D eigenvalue weighted by atomic mass is 10.00. The molecule has 30 heavy (non-hydrogen) atoms. The molecule has 2 heterocycles. The van der Waals surface area contributed by atoms with Gasteiger partial charge in [-0.1, -0.05) is 60.7 Å². The molecule has 6 nitrogen and oxygen atoms in total. The molecule has 0 unspecified atom stereocenters. The monoisotopic (exact) mass is 418 g/mol. The van der Waals surface area contributed by atoms with Crippen LogP contribution >= 0.6 is 11.3 Å². The maximum absolute atomic E-state index is 13.1. The lowest BCUT2D eigenvalue weighted by Gasteiger charge is -2.17. The van der Waals surface area contributed by atoms with Gasteiger partial charge in [0.05, 0.1) is 11.7 Å². The zero-order valence-corrected chi connectivity index (χ0v) is 17.2. The second-order valence-corrected chi connectivity index (χ2v) is 7.82. The fourth-order valence-electron chi connectivity index (χ4n) is 3.22. The van der Waals surface area contributed by atoms with E-state index in [9.17, 15) is 14.4 Å². The SMILES string of the molecule is Cc1c(C(=O)O[C@@H](C(=O)c2ccccc2)c2ccccc2)sc2ncn(C)c(=O)c12. The van der Waals surface area contributed by atoms with Gasteiger partial charge in [0.1, 0.15) is 9.71 Å². The summed E-state index contributed by atoms with van der Waals surface area (Å²) in [5, 5.41) is 0.391. The molecule has 0 spiro atoms. The molecule has 0 amide bonds. The average molecular weight is 418 g/mol. The van der Waals surface area contributed by atoms with Crippen molar-refractivity contribution in [1.82, 2.24) is 9.55 Å². The van der Waals surface area contributed by atoms with E-state index in [1.165, 1.54) is 10.9 Å². The van der Waals surface area contributed by atoms with Crippen LogP contribution in [0.3, 0.4) is 0 Å². The second-order valence-electron chi connectivity index (χ2n) is 6.82. The van der Waals surface area contributed by atoms with Crippen molar-refractivity contribution in [1.29, 1.82) is 0 Å². The van der Waals surface area contributed by atoms with Gasteiger partial charge < -0.3 is 9.30 Å². The number of ether oxygens (including phenoxy) is 1. The first kappa shape index (κ1) is 19.7. The third kappa shape index (κ3) is 3.55. The summed E-state index contributed by atoms with van der Waals surface area (Å²) in [6.07, 6.45) is 0.322. The predicted molar refractivity (Wildman–Crippen MR) is 115 cm³/mol. The number of thiophene rings is 1. The van der Waals surface area contributed by atoms with E-state index >= 15 is 0 Å². The molecule has 4 aromatic rings. The topological polar surface area (TPSA) is 78.3 Å². The number of benzene rings is 2. The van der Waals surface area contributed by atoms with E-state index in [4.69, 9.17) is 4.74 Å². The molecule has 4 rings (SSSR count). The molecule has 150 valence electrons. The molecule has 7 heteroatoms. The van der Waals surface area contributed by atoms with Crippen molar-refractivity contribution >= 4 is 33.3 Å². The molecular weight excluding hydrogens is 400 g/mol. The van der Waals surface area contributed by atoms with Crippen molar-refractivity contribution in [2.75, 3.05) is 0 Å². The van der Waals surface area contributed by atoms with Crippen molar-refractivity contribution in [2.45, 2.75) is 13.0 Å². The van der Waals surface area contributed by atoms with Crippen molar-refractivity contribution in [3.8, 4) is 0 Å². The summed E-state index contributed by atoms with van der Waals surface area (Å²) in [6, 6.07) is 17.6. The highest BCUT2D eigenvalue weighted by Gasteiger charge is 2.29. The van der Waals surface area contributed by atoms with E-state index in [2.05, 4.69) is 4.98 Å². The molecule has 0 saturated carbocycles. The normalized spacial score (nSPS) is 11.9. The third-order valence-corrected chi connectivity index (χ3v) is 6.00. The van der Waals surface area contributed by atoms with Gasteiger partial charge in [-0.3, -0.25) is 9.59 Å². The fourth-order valence-corrected chi connectivity index (χ4v) is 4.24. The van der Waals surface area contributed by atoms with Crippen LogP contribution in [0.2, 0.25) is 0 Å². The Kier molecular flexibility index (Phi) is 5.29. The molecule has 0 fully saturated rings. The molecule has 0 saturated heterocycles. The lowest BCUT2D eigenvalue weighted by Crippen LogP contribution is -2.20. The van der Waals surface area contributed by atoms with Gasteiger partial charge in [0.2, 0.25) is 5.78 Å². The summed E-state index contributed by atoms with van der Waals surface area (Å²) in [6.45, 7) is 1.69. The highest BCUT2D eigenvalue weighted by Crippen LogP contribution is 2.30. The molecule has 0 radical (unpaired) electrons.